The molecule has 0 radical (unpaired) electrons. The molecule has 2 saturated heterocycles. The van der Waals surface area contributed by atoms with E-state index in [1.165, 1.54) is 57.1 Å². The zero-order valence-electron chi connectivity index (χ0n) is 47.3. The second kappa shape index (κ2) is 27.8. The number of likely N-dealkylation sites (N-methyl/N-ethyl adjacent to an activating group) is 1. The van der Waals surface area contributed by atoms with E-state index in [-0.39, 0.29) is 96.5 Å². The van der Waals surface area contributed by atoms with E-state index < -0.39 is 61.8 Å². The molecule has 0 aromatic heterocycles. The monoisotopic (exact) mass is 1140 g/mol. The number of fused-ring (bicyclic) bond motifs is 1. The quantitative estimate of drug-likeness (QED) is 0.0656. The van der Waals surface area contributed by atoms with Crippen LogP contribution in [0.15, 0.2) is 94.7 Å². The summed E-state index contributed by atoms with van der Waals surface area (Å²) in [6, 6.07) is 19.0. The molecule has 4 aromatic carbocycles. The maximum Gasteiger partial charge on any atom is 0.245 e. The lowest BCUT2D eigenvalue weighted by molar-refractivity contribution is -0.141. The number of likely N-dealkylation sites (tertiary alicyclic amines) is 2. The number of ketones is 1. The Balaban J connectivity index is 1.06. The minimum Gasteiger partial charge on any atom is -0.344 e. The minimum absolute atomic E-state index is 0.00609. The van der Waals surface area contributed by atoms with E-state index in [1.807, 2.05) is 18.7 Å². The third-order valence-electron chi connectivity index (χ3n) is 18.0. The Morgan fingerprint density at radius 2 is 1.05 bits per heavy atom. The number of rotatable bonds is 25. The Labute approximate surface area is 473 Å². The number of hydrogen-bond acceptors (Lipinski definition) is 9. The summed E-state index contributed by atoms with van der Waals surface area (Å²) in [7, 11) is -6.81. The summed E-state index contributed by atoms with van der Waals surface area (Å²) >= 11 is 0. The van der Waals surface area contributed by atoms with E-state index in [9.17, 15) is 28.0 Å². The van der Waals surface area contributed by atoms with Gasteiger partial charge in [-0.2, -0.15) is 8.61 Å². The van der Waals surface area contributed by atoms with Gasteiger partial charge in [0, 0.05) is 69.6 Å². The van der Waals surface area contributed by atoms with E-state index in [0.717, 1.165) is 75.3 Å². The van der Waals surface area contributed by atoms with Crippen LogP contribution in [0.1, 0.15) is 135 Å². The average Bonchev–Trinajstić information content (AvgIpc) is 4.17. The van der Waals surface area contributed by atoms with E-state index in [1.54, 1.807) is 55.3 Å². The number of halogens is 2. The molecule has 0 spiro atoms. The van der Waals surface area contributed by atoms with Crippen LogP contribution in [0.25, 0.3) is 10.8 Å². The molecule has 4 fully saturated rings. The van der Waals surface area contributed by atoms with Gasteiger partial charge in [0.1, 0.15) is 23.5 Å². The first kappa shape index (κ1) is 60.9. The van der Waals surface area contributed by atoms with Crippen molar-refractivity contribution in [3.05, 3.63) is 108 Å². The number of benzene rings is 4. The van der Waals surface area contributed by atoms with Crippen LogP contribution in [-0.2, 0) is 52.1 Å². The van der Waals surface area contributed by atoms with Gasteiger partial charge in [0.2, 0.25) is 37.8 Å². The highest BCUT2D eigenvalue weighted by Gasteiger charge is 2.43. The summed E-state index contributed by atoms with van der Waals surface area (Å²) in [5.41, 5.74) is 1.47. The topological polar surface area (TPSA) is 174 Å². The maximum atomic E-state index is 15.1. The van der Waals surface area contributed by atoms with Crippen molar-refractivity contribution in [2.75, 3.05) is 46.3 Å². The number of sulfonamides is 2. The lowest BCUT2D eigenvalue weighted by Crippen LogP contribution is -2.56. The SMILES string of the molecule is CC[C@@H](C)C(=O)N[C@H](C(=O)N1CCC[C@H]1CN(CCc1ccc(F)cc1)S(=O)(=O)c1ccc2cc(S(=O)(=O)N(CCc3ccc(F)cc3)C[C@@H]3CCCN3C(=O)[C@@H](CC(=O)[C@H](C)NC)C3CCCCC3)ccc2c1)C1CCCCC1. The molecular formula is C62H84F2N6O8S2. The smallest absolute Gasteiger partial charge is 0.245 e. The molecule has 2 saturated carbocycles. The van der Waals surface area contributed by atoms with Crippen LogP contribution >= 0.6 is 0 Å². The Morgan fingerprint density at radius 1 is 0.600 bits per heavy atom. The molecule has 14 nitrogen and oxygen atoms in total. The molecule has 4 aliphatic rings. The van der Waals surface area contributed by atoms with E-state index in [0.29, 0.717) is 56.0 Å². The summed E-state index contributed by atoms with van der Waals surface area (Å²) in [5.74, 6) is -2.01. The van der Waals surface area contributed by atoms with Gasteiger partial charge < -0.3 is 20.4 Å². The van der Waals surface area contributed by atoms with Crippen molar-refractivity contribution in [1.29, 1.82) is 0 Å². The van der Waals surface area contributed by atoms with Crippen molar-refractivity contribution in [2.24, 2.45) is 23.7 Å². The number of carbonyl (C=O) groups excluding carboxylic acids is 4. The van der Waals surface area contributed by atoms with Crippen LogP contribution in [0.2, 0.25) is 0 Å². The van der Waals surface area contributed by atoms with Gasteiger partial charge in [-0.15, -0.1) is 0 Å². The largest absolute Gasteiger partial charge is 0.344 e. The van der Waals surface area contributed by atoms with Crippen LogP contribution in [0, 0.1) is 35.3 Å². The van der Waals surface area contributed by atoms with Gasteiger partial charge >= 0.3 is 0 Å². The molecular weight excluding hydrogens is 1060 g/mol. The molecule has 2 aliphatic carbocycles. The molecule has 3 amide bonds. The molecule has 18 heteroatoms. The molecule has 4 aromatic rings. The number of hydrogen-bond donors (Lipinski definition) is 2. The van der Waals surface area contributed by atoms with E-state index >= 15 is 16.8 Å². The molecule has 0 bridgehead atoms. The molecule has 436 valence electrons. The lowest BCUT2D eigenvalue weighted by atomic mass is 9.76. The number of nitrogens with one attached hydrogen (secondary N) is 2. The van der Waals surface area contributed by atoms with Crippen molar-refractivity contribution in [1.82, 2.24) is 29.0 Å². The highest BCUT2D eigenvalue weighted by molar-refractivity contribution is 7.89. The zero-order valence-corrected chi connectivity index (χ0v) is 48.9. The summed E-state index contributed by atoms with van der Waals surface area (Å²) < 4.78 is 91.1. The van der Waals surface area contributed by atoms with Crippen LogP contribution in [0.3, 0.4) is 0 Å². The van der Waals surface area contributed by atoms with Gasteiger partial charge in [-0.1, -0.05) is 88.8 Å². The molecule has 2 heterocycles. The highest BCUT2D eigenvalue weighted by Crippen LogP contribution is 2.37. The summed E-state index contributed by atoms with van der Waals surface area (Å²) in [5, 5.41) is 7.11. The zero-order chi connectivity index (χ0) is 57.1. The second-order valence-corrected chi connectivity index (χ2v) is 27.1. The van der Waals surface area contributed by atoms with Gasteiger partial charge in [0.25, 0.3) is 0 Å². The fourth-order valence-corrected chi connectivity index (χ4v) is 15.6. The normalized spacial score (nSPS) is 20.3. The van der Waals surface area contributed by atoms with Crippen molar-refractivity contribution in [3.8, 4) is 0 Å². The van der Waals surface area contributed by atoms with Crippen molar-refractivity contribution < 1.29 is 44.8 Å². The fourth-order valence-electron chi connectivity index (χ4n) is 12.6. The summed E-state index contributed by atoms with van der Waals surface area (Å²) in [6.07, 6.45) is 13.3. The maximum absolute atomic E-state index is 15.1. The number of Topliss-reactive ketones (excluding diaryl/α,β-unsaturated/α-hetero) is 1. The van der Waals surface area contributed by atoms with Crippen LogP contribution in [0.4, 0.5) is 8.78 Å². The van der Waals surface area contributed by atoms with Crippen LogP contribution in [0.5, 0.6) is 0 Å². The van der Waals surface area contributed by atoms with E-state index in [4.69, 9.17) is 0 Å². The molecule has 6 atom stereocenters. The Morgan fingerprint density at radius 3 is 1.50 bits per heavy atom. The lowest BCUT2D eigenvalue weighted by Gasteiger charge is -2.36. The fraction of sp³-hybridized carbons (Fsp3) is 0.581. The van der Waals surface area contributed by atoms with Gasteiger partial charge in [0.05, 0.1) is 15.8 Å². The first-order valence-electron chi connectivity index (χ1n) is 29.5. The first-order chi connectivity index (χ1) is 38.4. The minimum atomic E-state index is -4.27. The third-order valence-corrected chi connectivity index (χ3v) is 21.7. The molecule has 0 unspecified atom stereocenters. The van der Waals surface area contributed by atoms with Gasteiger partial charge in [0.15, 0.2) is 0 Å². The van der Waals surface area contributed by atoms with Gasteiger partial charge in [-0.05, 0) is 167 Å². The van der Waals surface area contributed by atoms with Crippen molar-refractivity contribution in [2.45, 2.75) is 170 Å². The molecule has 2 N–H and O–H groups in total. The Bertz CT molecular complexity index is 2790. The molecule has 2 aliphatic heterocycles. The Hall–Kier alpha value is -5.14. The van der Waals surface area contributed by atoms with E-state index in [2.05, 4.69) is 10.6 Å². The number of nitrogens with zero attached hydrogens (tertiary/aromatic N) is 4. The average molecular weight is 1140 g/mol. The summed E-state index contributed by atoms with van der Waals surface area (Å²) in [6.45, 7) is 6.55. The molecule has 80 heavy (non-hydrogen) atoms. The van der Waals surface area contributed by atoms with Gasteiger partial charge in [-0.3, -0.25) is 19.2 Å². The predicted molar refractivity (Wildman–Crippen MR) is 307 cm³/mol. The third kappa shape index (κ3) is 14.9. The second-order valence-electron chi connectivity index (χ2n) is 23.2. The Kier molecular flexibility index (Phi) is 21.1. The van der Waals surface area contributed by atoms with Crippen molar-refractivity contribution >= 4 is 54.3 Å². The van der Waals surface area contributed by atoms with Crippen molar-refractivity contribution in [3.63, 3.8) is 0 Å². The number of amides is 3. The molecule has 8 rings (SSSR count). The number of carbonyl (C=O) groups is 4. The first-order valence-corrected chi connectivity index (χ1v) is 32.4. The standard InChI is InChI=1S/C62H84F2N6O8S2/c1-5-43(2)60(72)66-59(48-16-10-7-11-17-48)62(74)70-35-13-19-54(70)42-68(37-33-46-22-28-52(64)29-23-46)80(77,78)56-31-25-49-38-55(30-24-50(49)39-56)79(75,76)67(36-32-45-20-26-51(63)27-21-45)41-53-18-12-34-69(53)61(73)57(40-58(71)44(3)65-4)47-14-8-6-9-15-47/h20-31,38-39,43-44,47-48,53-54,57,59,65H,5-19,32-37,40-42H2,1-4H3,(H,66,72)/t43-,44+,53+,54+,57+,59+/m1/s1. The predicted octanol–water partition coefficient (Wildman–Crippen LogP) is 9.44. The highest BCUT2D eigenvalue weighted by atomic mass is 32.2. The van der Waals surface area contributed by atoms with Crippen LogP contribution < -0.4 is 10.6 Å². The van der Waals surface area contributed by atoms with Crippen LogP contribution in [-0.4, -0.2) is 129 Å². The summed E-state index contributed by atoms with van der Waals surface area (Å²) in [4.78, 5) is 59.8. The van der Waals surface area contributed by atoms with Gasteiger partial charge in [-0.25, -0.2) is 25.6 Å².